The Morgan fingerprint density at radius 2 is 2.29 bits per heavy atom. The van der Waals surface area contributed by atoms with E-state index in [4.69, 9.17) is 11.6 Å². The third-order valence-electron chi connectivity index (χ3n) is 2.27. The molecular formula is C11H14ClN3S2. The van der Waals surface area contributed by atoms with Gasteiger partial charge in [-0.2, -0.15) is 0 Å². The number of nitrogens with one attached hydrogen (secondary N) is 1. The molecule has 0 aromatic carbocycles. The number of aryl methyl sites for hydroxylation is 1. The van der Waals surface area contributed by atoms with E-state index in [-0.39, 0.29) is 0 Å². The molecule has 0 saturated heterocycles. The number of rotatable bonds is 6. The van der Waals surface area contributed by atoms with E-state index in [0.717, 1.165) is 45.8 Å². The zero-order valence-electron chi connectivity index (χ0n) is 9.57. The van der Waals surface area contributed by atoms with Gasteiger partial charge in [0.2, 0.25) is 0 Å². The van der Waals surface area contributed by atoms with Crippen LogP contribution in [0.2, 0.25) is 5.02 Å². The van der Waals surface area contributed by atoms with Crippen LogP contribution in [-0.2, 0) is 6.42 Å². The van der Waals surface area contributed by atoms with Crippen LogP contribution in [-0.4, -0.2) is 23.3 Å². The molecule has 2 aromatic rings. The van der Waals surface area contributed by atoms with E-state index in [0.29, 0.717) is 0 Å². The number of thiophene rings is 1. The van der Waals surface area contributed by atoms with Crippen LogP contribution in [0.1, 0.15) is 18.4 Å². The average Bonchev–Trinajstić information content (AvgIpc) is 2.93. The van der Waals surface area contributed by atoms with E-state index in [1.54, 1.807) is 22.7 Å². The molecule has 17 heavy (non-hydrogen) atoms. The molecule has 0 aliphatic carbocycles. The summed E-state index contributed by atoms with van der Waals surface area (Å²) in [4.78, 5) is 1.03. The first kappa shape index (κ1) is 13.0. The van der Waals surface area contributed by atoms with Crippen molar-refractivity contribution in [1.82, 2.24) is 15.5 Å². The van der Waals surface area contributed by atoms with Crippen LogP contribution in [0.25, 0.3) is 9.88 Å². The molecule has 0 fully saturated rings. The van der Waals surface area contributed by atoms with Gasteiger partial charge in [-0.05, 0) is 31.0 Å². The van der Waals surface area contributed by atoms with E-state index in [9.17, 15) is 0 Å². The molecule has 92 valence electrons. The second kappa shape index (κ2) is 6.44. The zero-order valence-corrected chi connectivity index (χ0v) is 12.0. The SMILES string of the molecule is CCNCCCc1nnc(-c2sccc2Cl)s1. The maximum absolute atomic E-state index is 6.07. The summed E-state index contributed by atoms with van der Waals surface area (Å²) >= 11 is 9.32. The second-order valence-electron chi connectivity index (χ2n) is 3.56. The summed E-state index contributed by atoms with van der Waals surface area (Å²) in [5, 5.41) is 16.5. The Morgan fingerprint density at radius 3 is 3.00 bits per heavy atom. The van der Waals surface area contributed by atoms with Crippen molar-refractivity contribution in [1.29, 1.82) is 0 Å². The third kappa shape index (κ3) is 3.48. The Balaban J connectivity index is 1.95. The van der Waals surface area contributed by atoms with Crippen LogP contribution in [0, 0.1) is 0 Å². The molecule has 0 amide bonds. The van der Waals surface area contributed by atoms with E-state index in [1.807, 2.05) is 11.4 Å². The molecule has 2 aromatic heterocycles. The van der Waals surface area contributed by atoms with Crippen molar-refractivity contribution in [3.05, 3.63) is 21.5 Å². The molecule has 2 rings (SSSR count). The molecule has 1 N–H and O–H groups in total. The van der Waals surface area contributed by atoms with Gasteiger partial charge in [0.05, 0.1) is 9.90 Å². The Morgan fingerprint density at radius 1 is 1.41 bits per heavy atom. The summed E-state index contributed by atoms with van der Waals surface area (Å²) in [5.74, 6) is 0. The van der Waals surface area contributed by atoms with Gasteiger partial charge in [-0.25, -0.2) is 0 Å². The second-order valence-corrected chi connectivity index (χ2v) is 5.94. The molecule has 0 unspecified atom stereocenters. The van der Waals surface area contributed by atoms with Gasteiger partial charge in [0.1, 0.15) is 5.01 Å². The fourth-order valence-corrected chi connectivity index (χ4v) is 3.62. The molecule has 0 saturated carbocycles. The minimum Gasteiger partial charge on any atom is -0.317 e. The molecule has 0 bridgehead atoms. The van der Waals surface area contributed by atoms with Gasteiger partial charge in [-0.15, -0.1) is 21.5 Å². The van der Waals surface area contributed by atoms with Gasteiger partial charge in [-0.1, -0.05) is 29.9 Å². The molecule has 3 nitrogen and oxygen atoms in total. The summed E-state index contributed by atoms with van der Waals surface area (Å²) in [6.07, 6.45) is 2.08. The van der Waals surface area contributed by atoms with Crippen LogP contribution in [0.4, 0.5) is 0 Å². The molecule has 0 aliphatic heterocycles. The fourth-order valence-electron chi connectivity index (χ4n) is 1.43. The molecule has 0 atom stereocenters. The topological polar surface area (TPSA) is 37.8 Å². The van der Waals surface area contributed by atoms with E-state index in [2.05, 4.69) is 22.4 Å². The highest BCUT2D eigenvalue weighted by Gasteiger charge is 2.10. The molecule has 0 spiro atoms. The zero-order chi connectivity index (χ0) is 12.1. The average molecular weight is 288 g/mol. The lowest BCUT2D eigenvalue weighted by Crippen LogP contribution is -2.14. The van der Waals surface area contributed by atoms with Crippen molar-refractivity contribution >= 4 is 34.3 Å². The summed E-state index contributed by atoms with van der Waals surface area (Å²) in [6.45, 7) is 4.17. The molecule has 0 aliphatic rings. The maximum Gasteiger partial charge on any atom is 0.159 e. The van der Waals surface area contributed by atoms with Crippen molar-refractivity contribution in [3.8, 4) is 9.88 Å². The number of hydrogen-bond donors (Lipinski definition) is 1. The van der Waals surface area contributed by atoms with Crippen LogP contribution >= 0.6 is 34.3 Å². The van der Waals surface area contributed by atoms with Crippen molar-refractivity contribution in [3.63, 3.8) is 0 Å². The van der Waals surface area contributed by atoms with Gasteiger partial charge >= 0.3 is 0 Å². The number of hydrogen-bond acceptors (Lipinski definition) is 5. The number of aromatic nitrogens is 2. The smallest absolute Gasteiger partial charge is 0.159 e. The molecule has 6 heteroatoms. The molecule has 2 heterocycles. The van der Waals surface area contributed by atoms with Crippen molar-refractivity contribution in [2.45, 2.75) is 19.8 Å². The summed E-state index contributed by atoms with van der Waals surface area (Å²) < 4.78 is 0. The lowest BCUT2D eigenvalue weighted by molar-refractivity contribution is 0.669. The van der Waals surface area contributed by atoms with Crippen molar-refractivity contribution < 1.29 is 0 Å². The van der Waals surface area contributed by atoms with Crippen LogP contribution < -0.4 is 5.32 Å². The number of halogens is 1. The first-order valence-electron chi connectivity index (χ1n) is 5.57. The predicted molar refractivity (Wildman–Crippen MR) is 75.1 cm³/mol. The highest BCUT2D eigenvalue weighted by molar-refractivity contribution is 7.21. The fraction of sp³-hybridized carbons (Fsp3) is 0.455. The number of nitrogens with zero attached hydrogens (tertiary/aromatic N) is 2. The van der Waals surface area contributed by atoms with E-state index < -0.39 is 0 Å². The summed E-state index contributed by atoms with van der Waals surface area (Å²) in [5.41, 5.74) is 0. The highest BCUT2D eigenvalue weighted by Crippen LogP contribution is 2.34. The minimum absolute atomic E-state index is 0.769. The normalized spacial score (nSPS) is 10.9. The lowest BCUT2D eigenvalue weighted by Gasteiger charge is -1.97. The van der Waals surface area contributed by atoms with Gasteiger partial charge < -0.3 is 5.32 Å². The first-order valence-corrected chi connectivity index (χ1v) is 7.65. The summed E-state index contributed by atoms with van der Waals surface area (Å²) in [6, 6.07) is 1.90. The third-order valence-corrected chi connectivity index (χ3v) is 4.75. The predicted octanol–water partition coefficient (Wildman–Crippen LogP) is 3.46. The Bertz CT molecular complexity index is 467. The lowest BCUT2D eigenvalue weighted by atomic mass is 10.3. The summed E-state index contributed by atoms with van der Waals surface area (Å²) in [7, 11) is 0. The minimum atomic E-state index is 0.769. The molecular weight excluding hydrogens is 274 g/mol. The highest BCUT2D eigenvalue weighted by atomic mass is 35.5. The Labute approximate surface area is 114 Å². The van der Waals surface area contributed by atoms with Gasteiger partial charge in [-0.3, -0.25) is 0 Å². The maximum atomic E-state index is 6.07. The van der Waals surface area contributed by atoms with Crippen LogP contribution in [0.5, 0.6) is 0 Å². The van der Waals surface area contributed by atoms with E-state index >= 15 is 0 Å². The monoisotopic (exact) mass is 287 g/mol. The first-order chi connectivity index (χ1) is 8.31. The van der Waals surface area contributed by atoms with Crippen LogP contribution in [0.3, 0.4) is 0 Å². The Kier molecular flexibility index (Phi) is 4.91. The molecule has 0 radical (unpaired) electrons. The largest absolute Gasteiger partial charge is 0.317 e. The quantitative estimate of drug-likeness (QED) is 0.827. The Hall–Kier alpha value is -0.490. The van der Waals surface area contributed by atoms with E-state index in [1.165, 1.54) is 0 Å². The van der Waals surface area contributed by atoms with Crippen molar-refractivity contribution in [2.75, 3.05) is 13.1 Å². The standard InChI is InChI=1S/C11H14ClN3S2/c1-2-13-6-3-4-9-14-15-11(17-9)10-8(12)5-7-16-10/h5,7,13H,2-4,6H2,1H3. The van der Waals surface area contributed by atoms with Gasteiger partial charge in [0.15, 0.2) is 5.01 Å². The van der Waals surface area contributed by atoms with Crippen molar-refractivity contribution in [2.24, 2.45) is 0 Å². The van der Waals surface area contributed by atoms with Crippen LogP contribution in [0.15, 0.2) is 11.4 Å². The van der Waals surface area contributed by atoms with Gasteiger partial charge in [0.25, 0.3) is 0 Å². The van der Waals surface area contributed by atoms with Gasteiger partial charge in [0, 0.05) is 6.42 Å².